The molecule has 38 heavy (non-hydrogen) atoms. The molecule has 1 saturated carbocycles. The van der Waals surface area contributed by atoms with Crippen LogP contribution in [0.3, 0.4) is 0 Å². The maximum atomic E-state index is 12.6. The van der Waals surface area contributed by atoms with E-state index in [0.29, 0.717) is 41.5 Å². The lowest BCUT2D eigenvalue weighted by molar-refractivity contribution is 0.0838. The van der Waals surface area contributed by atoms with Gasteiger partial charge in [0.15, 0.2) is 12.2 Å². The molecule has 204 valence electrons. The molecule has 1 fully saturated rings. The molecule has 1 aromatic carbocycles. The fourth-order valence-corrected chi connectivity index (χ4v) is 5.21. The molecule has 3 heterocycles. The lowest BCUT2D eigenvalue weighted by atomic mass is 9.99. The summed E-state index contributed by atoms with van der Waals surface area (Å²) in [6, 6.07) is 5.92. The van der Waals surface area contributed by atoms with Crippen molar-refractivity contribution >= 4 is 36.8 Å². The monoisotopic (exact) mass is 560 g/mol. The molecule has 12 heteroatoms. The molecule has 1 amide bonds. The average Bonchev–Trinajstić information content (AvgIpc) is 3.62. The Hall–Kier alpha value is -2.86. The van der Waals surface area contributed by atoms with E-state index in [1.807, 2.05) is 12.1 Å². The SMILES string of the molecule is O=C(NC[C@H](O)CN1CCc2c(ccc(OCc3cnco3)c2Cl)C1)c1cc(NC2CCCC2)ncn1.S. The van der Waals surface area contributed by atoms with E-state index in [9.17, 15) is 9.90 Å². The van der Waals surface area contributed by atoms with Crippen LogP contribution in [-0.4, -0.2) is 62.6 Å². The predicted octanol–water partition coefficient (Wildman–Crippen LogP) is 3.31. The highest BCUT2D eigenvalue weighted by Gasteiger charge is 2.23. The van der Waals surface area contributed by atoms with Crippen molar-refractivity contribution in [3.63, 3.8) is 0 Å². The number of aromatic nitrogens is 3. The van der Waals surface area contributed by atoms with Crippen molar-refractivity contribution < 1.29 is 19.1 Å². The number of aliphatic hydroxyl groups is 1. The van der Waals surface area contributed by atoms with Crippen molar-refractivity contribution in [3.8, 4) is 5.75 Å². The lowest BCUT2D eigenvalue weighted by Gasteiger charge is -2.31. The quantitative estimate of drug-likeness (QED) is 0.342. The van der Waals surface area contributed by atoms with Crippen molar-refractivity contribution in [1.29, 1.82) is 0 Å². The molecule has 5 rings (SSSR count). The number of benzene rings is 1. The summed E-state index contributed by atoms with van der Waals surface area (Å²) < 4.78 is 11.0. The van der Waals surface area contributed by atoms with E-state index in [0.717, 1.165) is 36.9 Å². The number of amides is 1. The van der Waals surface area contributed by atoms with Crippen LogP contribution in [0, 0.1) is 0 Å². The Morgan fingerprint density at radius 1 is 1.29 bits per heavy atom. The second kappa shape index (κ2) is 13.3. The zero-order valence-electron chi connectivity index (χ0n) is 21.0. The smallest absolute Gasteiger partial charge is 0.270 e. The molecule has 2 aliphatic rings. The van der Waals surface area contributed by atoms with Crippen LogP contribution in [-0.2, 0) is 19.6 Å². The van der Waals surface area contributed by atoms with Crippen LogP contribution in [0.4, 0.5) is 5.82 Å². The van der Waals surface area contributed by atoms with E-state index in [2.05, 4.69) is 30.5 Å². The van der Waals surface area contributed by atoms with Crippen molar-refractivity contribution in [2.45, 2.75) is 57.4 Å². The Morgan fingerprint density at radius 3 is 2.92 bits per heavy atom. The Bertz CT molecular complexity index is 1210. The Labute approximate surface area is 233 Å². The van der Waals surface area contributed by atoms with Gasteiger partial charge >= 0.3 is 0 Å². The van der Waals surface area contributed by atoms with Crippen molar-refractivity contribution in [1.82, 2.24) is 25.2 Å². The minimum atomic E-state index is -0.719. The highest BCUT2D eigenvalue weighted by atomic mass is 35.5. The van der Waals surface area contributed by atoms with Crippen LogP contribution in [0.5, 0.6) is 5.75 Å². The number of carbonyl (C=O) groups excluding carboxylic acids is 1. The van der Waals surface area contributed by atoms with E-state index in [1.54, 1.807) is 12.3 Å². The number of hydrogen-bond acceptors (Lipinski definition) is 9. The molecule has 3 N–H and O–H groups in total. The largest absolute Gasteiger partial charge is 0.484 e. The fourth-order valence-electron chi connectivity index (χ4n) is 4.88. The molecule has 3 aromatic rings. The second-order valence-electron chi connectivity index (χ2n) is 9.53. The maximum absolute atomic E-state index is 12.6. The van der Waals surface area contributed by atoms with Crippen molar-refractivity contribution in [3.05, 3.63) is 64.7 Å². The molecule has 1 aliphatic carbocycles. The summed E-state index contributed by atoms with van der Waals surface area (Å²) in [4.78, 5) is 27.0. The number of anilines is 1. The van der Waals surface area contributed by atoms with Gasteiger partial charge in [-0.1, -0.05) is 30.5 Å². The Morgan fingerprint density at radius 2 is 2.13 bits per heavy atom. The van der Waals surface area contributed by atoms with Gasteiger partial charge in [-0.15, -0.1) is 0 Å². The molecule has 0 radical (unpaired) electrons. The molecular weight excluding hydrogens is 528 g/mol. The minimum absolute atomic E-state index is 0. The first kappa shape index (κ1) is 28.2. The number of oxazole rings is 1. The van der Waals surface area contributed by atoms with E-state index in [1.165, 1.54) is 25.6 Å². The zero-order valence-corrected chi connectivity index (χ0v) is 22.8. The number of β-amino-alcohol motifs (C(OH)–C–C–N with tert-alkyl or cyclic N) is 1. The van der Waals surface area contributed by atoms with Crippen LogP contribution < -0.4 is 15.4 Å². The number of nitrogens with one attached hydrogen (secondary N) is 2. The first-order valence-corrected chi connectivity index (χ1v) is 13.0. The standard InChI is InChI=1S/C26H31ClN6O4.H2S/c27-25-21-7-8-33(12-17(21)5-6-23(25)36-14-20-11-28-16-37-20)13-19(34)10-29-26(35)22-9-24(31-15-30-22)32-18-3-1-2-4-18;/h5-6,9,11,15-16,18-19,34H,1-4,7-8,10,12-14H2,(H,29,35)(H,30,31,32);1H2/t19-;/m0./s1. The molecular formula is C26H33ClN6O4S. The summed E-state index contributed by atoms with van der Waals surface area (Å²) in [6.07, 6.45) is 9.04. The molecule has 0 bridgehead atoms. The Balaban J connectivity index is 0.00000336. The first-order chi connectivity index (χ1) is 18.0. The van der Waals surface area contributed by atoms with Gasteiger partial charge in [-0.05, 0) is 36.5 Å². The number of halogens is 1. The Kier molecular flexibility index (Phi) is 9.84. The summed E-state index contributed by atoms with van der Waals surface area (Å²) in [6.45, 7) is 2.22. The molecule has 1 aliphatic heterocycles. The maximum Gasteiger partial charge on any atom is 0.270 e. The third kappa shape index (κ3) is 7.16. The van der Waals surface area contributed by atoms with Gasteiger partial charge in [0.05, 0.1) is 17.3 Å². The van der Waals surface area contributed by atoms with Gasteiger partial charge in [-0.3, -0.25) is 9.69 Å². The van der Waals surface area contributed by atoms with Gasteiger partial charge in [0.1, 0.15) is 30.2 Å². The lowest BCUT2D eigenvalue weighted by Crippen LogP contribution is -2.42. The summed E-state index contributed by atoms with van der Waals surface area (Å²) in [7, 11) is 0. The third-order valence-corrected chi connectivity index (χ3v) is 7.22. The summed E-state index contributed by atoms with van der Waals surface area (Å²) in [5, 5.41) is 17.4. The van der Waals surface area contributed by atoms with Crippen LogP contribution >= 0.6 is 25.1 Å². The predicted molar refractivity (Wildman–Crippen MR) is 148 cm³/mol. The normalized spacial score (nSPS) is 16.4. The number of hydrogen-bond donors (Lipinski definition) is 3. The summed E-state index contributed by atoms with van der Waals surface area (Å²) in [5.41, 5.74) is 2.44. The molecule has 0 saturated heterocycles. The summed E-state index contributed by atoms with van der Waals surface area (Å²) >= 11 is 6.62. The first-order valence-electron chi connectivity index (χ1n) is 12.6. The van der Waals surface area contributed by atoms with Gasteiger partial charge in [-0.2, -0.15) is 13.5 Å². The number of fused-ring (bicyclic) bond motifs is 1. The van der Waals surface area contributed by atoms with Gasteiger partial charge in [-0.25, -0.2) is 15.0 Å². The van der Waals surface area contributed by atoms with E-state index in [-0.39, 0.29) is 38.2 Å². The van der Waals surface area contributed by atoms with E-state index < -0.39 is 6.10 Å². The molecule has 1 atom stereocenters. The summed E-state index contributed by atoms with van der Waals surface area (Å²) in [5.74, 6) is 1.57. The topological polar surface area (TPSA) is 126 Å². The number of carbonyl (C=O) groups is 1. The zero-order chi connectivity index (χ0) is 25.6. The molecule has 10 nitrogen and oxygen atoms in total. The number of ether oxygens (including phenoxy) is 1. The third-order valence-electron chi connectivity index (χ3n) is 6.80. The van der Waals surface area contributed by atoms with E-state index in [4.69, 9.17) is 20.8 Å². The minimum Gasteiger partial charge on any atom is -0.484 e. The molecule has 0 spiro atoms. The number of rotatable bonds is 10. The van der Waals surface area contributed by atoms with Crippen LogP contribution in [0.1, 0.15) is 53.1 Å². The van der Waals surface area contributed by atoms with Crippen LogP contribution in [0.15, 0.2) is 41.5 Å². The van der Waals surface area contributed by atoms with Crippen LogP contribution in [0.2, 0.25) is 5.02 Å². The van der Waals surface area contributed by atoms with Crippen LogP contribution in [0.25, 0.3) is 0 Å². The number of aliphatic hydroxyl groups excluding tert-OH is 1. The van der Waals surface area contributed by atoms with E-state index >= 15 is 0 Å². The fraction of sp³-hybridized carbons (Fsp3) is 0.462. The van der Waals surface area contributed by atoms with Gasteiger partial charge in [0, 0.05) is 38.3 Å². The number of nitrogens with zero attached hydrogens (tertiary/aromatic N) is 4. The van der Waals surface area contributed by atoms with Crippen molar-refractivity contribution in [2.75, 3.05) is 25.0 Å². The van der Waals surface area contributed by atoms with Gasteiger partial charge in [0.25, 0.3) is 5.91 Å². The highest BCUT2D eigenvalue weighted by molar-refractivity contribution is 7.59. The average molecular weight is 561 g/mol. The molecule has 0 unspecified atom stereocenters. The second-order valence-corrected chi connectivity index (χ2v) is 9.91. The molecule has 2 aromatic heterocycles. The van der Waals surface area contributed by atoms with Gasteiger partial charge in [0.2, 0.25) is 0 Å². The van der Waals surface area contributed by atoms with Crippen molar-refractivity contribution in [2.24, 2.45) is 0 Å². The van der Waals surface area contributed by atoms with Gasteiger partial charge < -0.3 is 24.9 Å². The highest BCUT2D eigenvalue weighted by Crippen LogP contribution is 2.34.